The van der Waals surface area contributed by atoms with Crippen molar-refractivity contribution in [3.63, 3.8) is 0 Å². The van der Waals surface area contributed by atoms with Gasteiger partial charge in [-0.15, -0.1) is 0 Å². The molecular weight excluding hydrogens is 329 g/mol. The van der Waals surface area contributed by atoms with Crippen molar-refractivity contribution in [2.24, 2.45) is 5.73 Å². The monoisotopic (exact) mass is 348 g/mol. The fraction of sp³-hybridized carbons (Fsp3) is 0.316. The van der Waals surface area contributed by atoms with Crippen molar-refractivity contribution in [1.82, 2.24) is 4.98 Å². The minimum atomic E-state index is -4.40. The molecule has 0 spiro atoms. The highest BCUT2D eigenvalue weighted by molar-refractivity contribution is 5.55. The number of nitrogens with two attached hydrogens (primary N) is 1. The molecule has 1 fully saturated rings. The molecule has 1 aliphatic rings. The Balaban J connectivity index is 1.72. The lowest BCUT2D eigenvalue weighted by molar-refractivity contribution is -0.137. The highest BCUT2D eigenvalue weighted by atomic mass is 19.4. The van der Waals surface area contributed by atoms with Crippen LogP contribution < -0.4 is 10.5 Å². The molecule has 0 amide bonds. The van der Waals surface area contributed by atoms with Gasteiger partial charge in [0, 0.05) is 18.3 Å². The van der Waals surface area contributed by atoms with Gasteiger partial charge in [0.25, 0.3) is 0 Å². The van der Waals surface area contributed by atoms with Crippen molar-refractivity contribution in [3.05, 3.63) is 59.3 Å². The van der Waals surface area contributed by atoms with E-state index in [0.717, 1.165) is 43.5 Å². The van der Waals surface area contributed by atoms with Crippen LogP contribution in [0.2, 0.25) is 0 Å². The van der Waals surface area contributed by atoms with Gasteiger partial charge in [0.1, 0.15) is 5.75 Å². The first kappa shape index (κ1) is 17.5. The van der Waals surface area contributed by atoms with Crippen LogP contribution in [0.25, 0.3) is 6.08 Å². The summed E-state index contributed by atoms with van der Waals surface area (Å²) < 4.78 is 43.2. The average Bonchev–Trinajstić information content (AvgIpc) is 2.55. The number of rotatable bonds is 3. The third kappa shape index (κ3) is 4.82. The maximum absolute atomic E-state index is 12.6. The Morgan fingerprint density at radius 1 is 1.20 bits per heavy atom. The quantitative estimate of drug-likeness (QED) is 0.832. The number of halogens is 3. The van der Waals surface area contributed by atoms with Crippen molar-refractivity contribution < 1.29 is 17.9 Å². The van der Waals surface area contributed by atoms with Crippen LogP contribution in [0.5, 0.6) is 11.6 Å². The van der Waals surface area contributed by atoms with Gasteiger partial charge in [-0.2, -0.15) is 13.2 Å². The molecule has 1 saturated carbocycles. The van der Waals surface area contributed by atoms with Crippen LogP contribution in [0.4, 0.5) is 13.2 Å². The summed E-state index contributed by atoms with van der Waals surface area (Å²) in [6.45, 7) is 0. The van der Waals surface area contributed by atoms with E-state index in [-0.39, 0.29) is 11.9 Å². The second-order valence-corrected chi connectivity index (χ2v) is 6.22. The predicted molar refractivity (Wildman–Crippen MR) is 90.2 cm³/mol. The molecule has 0 bridgehead atoms. The number of alkyl halides is 3. The van der Waals surface area contributed by atoms with E-state index in [0.29, 0.717) is 5.75 Å². The fourth-order valence-corrected chi connectivity index (χ4v) is 2.90. The number of aromatic nitrogens is 1. The normalized spacial score (nSPS) is 19.8. The largest absolute Gasteiger partial charge is 0.439 e. The van der Waals surface area contributed by atoms with Gasteiger partial charge in [-0.3, -0.25) is 0 Å². The van der Waals surface area contributed by atoms with Crippen LogP contribution in [0.3, 0.4) is 0 Å². The third-order valence-electron chi connectivity index (χ3n) is 4.11. The van der Waals surface area contributed by atoms with Gasteiger partial charge in [0.05, 0.1) is 5.56 Å². The van der Waals surface area contributed by atoms with Crippen molar-refractivity contribution in [2.75, 3.05) is 0 Å². The zero-order chi connectivity index (χ0) is 17.9. The van der Waals surface area contributed by atoms with Gasteiger partial charge in [-0.05, 0) is 49.4 Å². The van der Waals surface area contributed by atoms with E-state index in [1.54, 1.807) is 6.07 Å². The fourth-order valence-electron chi connectivity index (χ4n) is 2.90. The summed E-state index contributed by atoms with van der Waals surface area (Å²) in [5.41, 5.74) is 7.49. The summed E-state index contributed by atoms with van der Waals surface area (Å²) in [6.07, 6.45) is 2.55. The van der Waals surface area contributed by atoms with E-state index in [1.165, 1.54) is 11.6 Å². The number of benzene rings is 1. The van der Waals surface area contributed by atoms with Gasteiger partial charge in [-0.25, -0.2) is 4.98 Å². The standard InChI is InChI=1S/C19H19F3N2O/c20-19(21,22)15-7-8-18(24-12-15)25-17-6-2-4-14(11-17)9-13-3-1-5-16(23)10-13/h2,4,6-9,11-12,16H,1,3,5,10,23H2/b13-9+/t16-/m0/s1. The zero-order valence-electron chi connectivity index (χ0n) is 13.6. The van der Waals surface area contributed by atoms with Crippen molar-refractivity contribution >= 4 is 6.08 Å². The molecule has 0 unspecified atom stereocenters. The molecule has 0 saturated heterocycles. The molecule has 25 heavy (non-hydrogen) atoms. The molecule has 132 valence electrons. The molecule has 1 heterocycles. The summed E-state index contributed by atoms with van der Waals surface area (Å²) in [5, 5.41) is 0. The topological polar surface area (TPSA) is 48.1 Å². The smallest absolute Gasteiger partial charge is 0.417 e. The summed E-state index contributed by atoms with van der Waals surface area (Å²) in [4.78, 5) is 3.72. The maximum atomic E-state index is 12.6. The van der Waals surface area contributed by atoms with E-state index < -0.39 is 11.7 Å². The van der Waals surface area contributed by atoms with E-state index in [4.69, 9.17) is 10.5 Å². The summed E-state index contributed by atoms with van der Waals surface area (Å²) in [5.74, 6) is 0.652. The average molecular weight is 348 g/mol. The van der Waals surface area contributed by atoms with Crippen LogP contribution in [-0.4, -0.2) is 11.0 Å². The molecule has 2 N–H and O–H groups in total. The van der Waals surface area contributed by atoms with E-state index in [2.05, 4.69) is 11.1 Å². The SMILES string of the molecule is N[C@H]1CCC/C(=C\c2cccc(Oc3ccc(C(F)(F)F)cn3)c2)C1. The first-order chi connectivity index (χ1) is 11.9. The zero-order valence-corrected chi connectivity index (χ0v) is 13.6. The molecule has 1 aromatic heterocycles. The Bertz CT molecular complexity index is 754. The van der Waals surface area contributed by atoms with E-state index >= 15 is 0 Å². The molecule has 2 aromatic rings. The second-order valence-electron chi connectivity index (χ2n) is 6.22. The lowest BCUT2D eigenvalue weighted by Gasteiger charge is -2.20. The Kier molecular flexibility index (Phi) is 5.08. The van der Waals surface area contributed by atoms with Crippen LogP contribution in [0.15, 0.2) is 48.2 Å². The van der Waals surface area contributed by atoms with E-state index in [1.807, 2.05) is 18.2 Å². The number of hydrogen-bond acceptors (Lipinski definition) is 3. The molecular formula is C19H19F3N2O. The maximum Gasteiger partial charge on any atom is 0.417 e. The predicted octanol–water partition coefficient (Wildman–Crippen LogP) is 5.18. The van der Waals surface area contributed by atoms with Gasteiger partial charge in [-0.1, -0.05) is 23.8 Å². The molecule has 1 aromatic carbocycles. The van der Waals surface area contributed by atoms with Gasteiger partial charge >= 0.3 is 6.18 Å². The van der Waals surface area contributed by atoms with Crippen LogP contribution >= 0.6 is 0 Å². The molecule has 0 radical (unpaired) electrons. The molecule has 1 atom stereocenters. The highest BCUT2D eigenvalue weighted by Crippen LogP contribution is 2.30. The Morgan fingerprint density at radius 2 is 2.04 bits per heavy atom. The lowest BCUT2D eigenvalue weighted by Crippen LogP contribution is -2.23. The van der Waals surface area contributed by atoms with Gasteiger partial charge in [0.15, 0.2) is 0 Å². The molecule has 3 rings (SSSR count). The highest BCUT2D eigenvalue weighted by Gasteiger charge is 2.30. The summed E-state index contributed by atoms with van der Waals surface area (Å²) in [7, 11) is 0. The van der Waals surface area contributed by atoms with E-state index in [9.17, 15) is 13.2 Å². The van der Waals surface area contributed by atoms with Gasteiger partial charge in [0.2, 0.25) is 5.88 Å². The number of ether oxygens (including phenoxy) is 1. The minimum absolute atomic E-state index is 0.123. The van der Waals surface area contributed by atoms with Gasteiger partial charge < -0.3 is 10.5 Å². The second kappa shape index (κ2) is 7.27. The minimum Gasteiger partial charge on any atom is -0.439 e. The molecule has 1 aliphatic carbocycles. The van der Waals surface area contributed by atoms with Crippen molar-refractivity contribution in [2.45, 2.75) is 37.9 Å². The number of nitrogens with zero attached hydrogens (tertiary/aromatic N) is 1. The van der Waals surface area contributed by atoms with Crippen molar-refractivity contribution in [1.29, 1.82) is 0 Å². The lowest BCUT2D eigenvalue weighted by atomic mass is 9.90. The van der Waals surface area contributed by atoms with Crippen molar-refractivity contribution in [3.8, 4) is 11.6 Å². The summed E-state index contributed by atoms with van der Waals surface area (Å²) >= 11 is 0. The first-order valence-corrected chi connectivity index (χ1v) is 8.16. The number of hydrogen-bond donors (Lipinski definition) is 1. The molecule has 6 heteroatoms. The molecule has 0 aliphatic heterocycles. The Labute approximate surface area is 144 Å². The van der Waals surface area contributed by atoms with Crippen LogP contribution in [0.1, 0.15) is 36.8 Å². The Hall–Kier alpha value is -2.34. The number of pyridine rings is 1. The molecule has 3 nitrogen and oxygen atoms in total. The van der Waals surface area contributed by atoms with Crippen LogP contribution in [0, 0.1) is 0 Å². The third-order valence-corrected chi connectivity index (χ3v) is 4.11. The summed E-state index contributed by atoms with van der Waals surface area (Å²) in [6, 6.07) is 9.77. The Morgan fingerprint density at radius 3 is 2.72 bits per heavy atom. The van der Waals surface area contributed by atoms with Crippen LogP contribution in [-0.2, 0) is 6.18 Å². The first-order valence-electron chi connectivity index (χ1n) is 8.16.